The molecular formula is C13H10BrN5O3. The van der Waals surface area contributed by atoms with Crippen LogP contribution in [-0.2, 0) is 0 Å². The maximum Gasteiger partial charge on any atom is 0.290 e. The van der Waals surface area contributed by atoms with Gasteiger partial charge in [-0.3, -0.25) is 25.5 Å². The summed E-state index contributed by atoms with van der Waals surface area (Å²) in [5.41, 5.74) is 5.56. The summed E-state index contributed by atoms with van der Waals surface area (Å²) in [5.74, 6) is -0.458. The monoisotopic (exact) mass is 363 g/mol. The van der Waals surface area contributed by atoms with Crippen molar-refractivity contribution in [2.24, 2.45) is 0 Å². The number of halogens is 1. The molecule has 4 N–H and O–H groups in total. The van der Waals surface area contributed by atoms with E-state index in [4.69, 9.17) is 4.42 Å². The number of aromatic nitrogens is 3. The van der Waals surface area contributed by atoms with Crippen molar-refractivity contribution in [1.29, 1.82) is 0 Å². The van der Waals surface area contributed by atoms with E-state index in [1.165, 1.54) is 12.3 Å². The molecule has 3 aromatic heterocycles. The average Bonchev–Trinajstić information content (AvgIpc) is 3.23. The van der Waals surface area contributed by atoms with Crippen molar-refractivity contribution < 1.29 is 14.0 Å². The van der Waals surface area contributed by atoms with E-state index in [0.717, 1.165) is 4.47 Å². The molecule has 0 saturated heterocycles. The highest BCUT2D eigenvalue weighted by atomic mass is 79.9. The van der Waals surface area contributed by atoms with E-state index in [1.807, 2.05) is 0 Å². The molecule has 0 saturated carbocycles. The second-order valence-electron chi connectivity index (χ2n) is 4.28. The molecule has 8 nitrogen and oxygen atoms in total. The SMILES string of the molecule is O=C(NNC(=O)c1cc(Br)c[nH]1)c1cc(-c2ccco2)[nH]n1. The molecule has 2 amide bonds. The normalized spacial score (nSPS) is 10.4. The number of amides is 2. The molecule has 0 aliphatic carbocycles. The maximum atomic E-state index is 11.9. The molecule has 0 aliphatic rings. The van der Waals surface area contributed by atoms with Crippen LogP contribution in [-0.4, -0.2) is 27.0 Å². The summed E-state index contributed by atoms with van der Waals surface area (Å²) in [6.45, 7) is 0. The first kappa shape index (κ1) is 14.1. The zero-order valence-electron chi connectivity index (χ0n) is 11.0. The number of nitrogens with one attached hydrogen (secondary N) is 4. The topological polar surface area (TPSA) is 116 Å². The minimum Gasteiger partial charge on any atom is -0.463 e. The summed E-state index contributed by atoms with van der Waals surface area (Å²) in [4.78, 5) is 26.4. The average molecular weight is 364 g/mol. The number of furan rings is 1. The van der Waals surface area contributed by atoms with Gasteiger partial charge < -0.3 is 9.40 Å². The largest absolute Gasteiger partial charge is 0.463 e. The Morgan fingerprint density at radius 1 is 1.23 bits per heavy atom. The lowest BCUT2D eigenvalue weighted by atomic mass is 10.3. The van der Waals surface area contributed by atoms with Crippen LogP contribution in [0.3, 0.4) is 0 Å². The van der Waals surface area contributed by atoms with E-state index in [0.29, 0.717) is 17.1 Å². The first-order valence-corrected chi connectivity index (χ1v) is 6.96. The van der Waals surface area contributed by atoms with E-state index in [-0.39, 0.29) is 5.69 Å². The van der Waals surface area contributed by atoms with Crippen LogP contribution in [0.15, 0.2) is 45.6 Å². The van der Waals surface area contributed by atoms with Crippen LogP contribution in [0.5, 0.6) is 0 Å². The predicted octanol–water partition coefficient (Wildman–Crippen LogP) is 1.84. The first-order valence-electron chi connectivity index (χ1n) is 6.17. The number of aromatic amines is 2. The van der Waals surface area contributed by atoms with Gasteiger partial charge in [0, 0.05) is 16.7 Å². The number of H-pyrrole nitrogens is 2. The molecule has 0 bridgehead atoms. The molecule has 0 fully saturated rings. The van der Waals surface area contributed by atoms with E-state index in [1.54, 1.807) is 24.4 Å². The zero-order chi connectivity index (χ0) is 15.5. The van der Waals surface area contributed by atoms with Crippen molar-refractivity contribution in [3.63, 3.8) is 0 Å². The molecule has 0 aliphatic heterocycles. The van der Waals surface area contributed by atoms with Gasteiger partial charge >= 0.3 is 0 Å². The van der Waals surface area contributed by atoms with Gasteiger partial charge in [0.15, 0.2) is 11.5 Å². The molecule has 0 radical (unpaired) electrons. The molecule has 3 aromatic rings. The Labute approximate surface area is 132 Å². The Balaban J connectivity index is 1.61. The smallest absolute Gasteiger partial charge is 0.290 e. The van der Waals surface area contributed by atoms with Gasteiger partial charge in [-0.05, 0) is 34.1 Å². The molecule has 3 heterocycles. The second kappa shape index (κ2) is 5.90. The highest BCUT2D eigenvalue weighted by Gasteiger charge is 2.14. The van der Waals surface area contributed by atoms with E-state index in [9.17, 15) is 9.59 Å². The van der Waals surface area contributed by atoms with Crippen molar-refractivity contribution in [2.45, 2.75) is 0 Å². The first-order chi connectivity index (χ1) is 10.6. The Kier molecular flexibility index (Phi) is 3.79. The van der Waals surface area contributed by atoms with E-state index in [2.05, 4.69) is 42.0 Å². The number of carbonyl (C=O) groups is 2. The van der Waals surface area contributed by atoms with Gasteiger partial charge in [-0.25, -0.2) is 0 Å². The van der Waals surface area contributed by atoms with Gasteiger partial charge in [-0.15, -0.1) is 0 Å². The number of carbonyl (C=O) groups excluding carboxylic acids is 2. The van der Waals surface area contributed by atoms with Crippen LogP contribution in [0.2, 0.25) is 0 Å². The fourth-order valence-electron chi connectivity index (χ4n) is 1.74. The van der Waals surface area contributed by atoms with E-state index < -0.39 is 11.8 Å². The van der Waals surface area contributed by atoms with Crippen molar-refractivity contribution in [2.75, 3.05) is 0 Å². The minimum atomic E-state index is -0.548. The fraction of sp³-hybridized carbons (Fsp3) is 0. The van der Waals surface area contributed by atoms with Crippen molar-refractivity contribution in [3.8, 4) is 11.5 Å². The van der Waals surface area contributed by atoms with Crippen LogP contribution in [0, 0.1) is 0 Å². The molecule has 0 aromatic carbocycles. The number of hydrogen-bond acceptors (Lipinski definition) is 4. The lowest BCUT2D eigenvalue weighted by Gasteiger charge is -2.03. The molecular weight excluding hydrogens is 354 g/mol. The molecule has 22 heavy (non-hydrogen) atoms. The predicted molar refractivity (Wildman–Crippen MR) is 79.7 cm³/mol. The van der Waals surface area contributed by atoms with Crippen LogP contribution < -0.4 is 10.9 Å². The number of nitrogens with zero attached hydrogens (tertiary/aromatic N) is 1. The lowest BCUT2D eigenvalue weighted by molar-refractivity contribution is 0.0841. The summed E-state index contributed by atoms with van der Waals surface area (Å²) in [7, 11) is 0. The van der Waals surface area contributed by atoms with E-state index >= 15 is 0 Å². The minimum absolute atomic E-state index is 0.124. The summed E-state index contributed by atoms with van der Waals surface area (Å²) < 4.78 is 5.93. The summed E-state index contributed by atoms with van der Waals surface area (Å²) in [6.07, 6.45) is 3.13. The number of hydrazine groups is 1. The Bertz CT molecular complexity index is 805. The quantitative estimate of drug-likeness (QED) is 0.531. The van der Waals surface area contributed by atoms with Crippen LogP contribution >= 0.6 is 15.9 Å². The second-order valence-corrected chi connectivity index (χ2v) is 5.20. The van der Waals surface area contributed by atoms with Crippen LogP contribution in [0.25, 0.3) is 11.5 Å². The highest BCUT2D eigenvalue weighted by Crippen LogP contribution is 2.17. The Morgan fingerprint density at radius 3 is 2.73 bits per heavy atom. The summed E-state index contributed by atoms with van der Waals surface area (Å²) in [5, 5.41) is 6.55. The van der Waals surface area contributed by atoms with Gasteiger partial charge in [-0.2, -0.15) is 5.10 Å². The lowest BCUT2D eigenvalue weighted by Crippen LogP contribution is -2.41. The molecule has 9 heteroatoms. The molecule has 0 spiro atoms. The van der Waals surface area contributed by atoms with Crippen LogP contribution in [0.4, 0.5) is 0 Å². The third kappa shape index (κ3) is 2.93. The number of hydrogen-bond donors (Lipinski definition) is 4. The van der Waals surface area contributed by atoms with Gasteiger partial charge in [0.05, 0.1) is 6.26 Å². The fourth-order valence-corrected chi connectivity index (χ4v) is 2.08. The molecule has 0 unspecified atom stereocenters. The van der Waals surface area contributed by atoms with Crippen molar-refractivity contribution >= 4 is 27.7 Å². The van der Waals surface area contributed by atoms with Gasteiger partial charge in [-0.1, -0.05) is 0 Å². The van der Waals surface area contributed by atoms with Crippen LogP contribution in [0.1, 0.15) is 21.0 Å². The third-order valence-electron chi connectivity index (χ3n) is 2.78. The Morgan fingerprint density at radius 2 is 2.05 bits per heavy atom. The van der Waals surface area contributed by atoms with Crippen molar-refractivity contribution in [1.82, 2.24) is 26.0 Å². The van der Waals surface area contributed by atoms with Gasteiger partial charge in [0.25, 0.3) is 11.8 Å². The van der Waals surface area contributed by atoms with Crippen molar-refractivity contribution in [3.05, 3.63) is 52.6 Å². The standard InChI is InChI=1S/C13H10BrN5O3/c14-7-4-9(15-6-7)12(20)18-19-13(21)10-5-8(16-17-10)11-2-1-3-22-11/h1-6,15H,(H,16,17)(H,18,20)(H,19,21). The highest BCUT2D eigenvalue weighted by molar-refractivity contribution is 9.10. The molecule has 112 valence electrons. The number of rotatable bonds is 3. The molecule has 3 rings (SSSR count). The molecule has 0 atom stereocenters. The maximum absolute atomic E-state index is 11.9. The third-order valence-corrected chi connectivity index (χ3v) is 3.24. The van der Waals surface area contributed by atoms with Gasteiger partial charge in [0.2, 0.25) is 0 Å². The summed E-state index contributed by atoms with van der Waals surface area (Å²) >= 11 is 3.22. The van der Waals surface area contributed by atoms with Gasteiger partial charge in [0.1, 0.15) is 11.4 Å². The zero-order valence-corrected chi connectivity index (χ0v) is 12.6. The Hall–Kier alpha value is -2.81. The summed E-state index contributed by atoms with van der Waals surface area (Å²) in [6, 6.07) is 6.57.